The summed E-state index contributed by atoms with van der Waals surface area (Å²) in [7, 11) is 0. The van der Waals surface area contributed by atoms with Crippen LogP contribution < -0.4 is 0 Å². The number of unbranched alkanes of at least 4 members (excludes halogenated alkanes) is 20. The second-order valence-corrected chi connectivity index (χ2v) is 37.7. The van der Waals surface area contributed by atoms with Gasteiger partial charge in [-0.25, -0.2) is 0 Å². The molecule has 0 radical (unpaired) electrons. The molecule has 0 amide bonds. The van der Waals surface area contributed by atoms with Crippen LogP contribution in [0.4, 0.5) is 0 Å². The van der Waals surface area contributed by atoms with Crippen molar-refractivity contribution in [3.05, 3.63) is 299 Å². The molecule has 19 rings (SSSR count). The zero-order chi connectivity index (χ0) is 81.7. The lowest BCUT2D eigenvalue weighted by atomic mass is 9.69. The summed E-state index contributed by atoms with van der Waals surface area (Å²) < 4.78 is 15.1. The molecule has 2 heterocycles. The van der Waals surface area contributed by atoms with Crippen molar-refractivity contribution in [3.8, 4) is 111 Å². The van der Waals surface area contributed by atoms with E-state index in [0.29, 0.717) is 0 Å². The normalized spacial score (nSPS) is 14.5. The van der Waals surface area contributed by atoms with Crippen LogP contribution in [0.3, 0.4) is 0 Å². The van der Waals surface area contributed by atoms with Crippen molar-refractivity contribution in [2.75, 3.05) is 0 Å². The highest BCUT2D eigenvalue weighted by Crippen LogP contribution is 2.64. The van der Waals surface area contributed by atoms with Gasteiger partial charge in [0, 0.05) is 54.3 Å². The zero-order valence-corrected chi connectivity index (χ0v) is 72.9. The van der Waals surface area contributed by atoms with E-state index in [1.165, 1.54) is 331 Å². The van der Waals surface area contributed by atoms with Crippen molar-refractivity contribution in [1.82, 2.24) is 0 Å². The van der Waals surface area contributed by atoms with E-state index in [0.717, 1.165) is 48.0 Å². The fourth-order valence-electron chi connectivity index (χ4n) is 22.9. The molecule has 0 saturated carbocycles. The van der Waals surface area contributed by atoms with E-state index >= 15 is 0 Å². The molecule has 0 aliphatic heterocycles. The Morgan fingerprint density at radius 2 is 0.467 bits per heavy atom. The van der Waals surface area contributed by atoms with Crippen molar-refractivity contribution in [2.24, 2.45) is 0 Å². The summed E-state index contributed by atoms with van der Waals surface area (Å²) in [4.78, 5) is 0. The monoisotopic (exact) mass is 1570 g/mol. The minimum absolute atomic E-state index is 0.141. The molecule has 0 bridgehead atoms. The van der Waals surface area contributed by atoms with E-state index in [9.17, 15) is 0 Å². The molecule has 2 aromatic heterocycles. The SMILES string of the molecule is CCCCCCCCC1(CCCCCCCC)c2cc(-c3ccc(-c4ccccc4)cc3)ccc2-c2ccc(-c3cc4c(c5oc6ccccc6c35)-c3cc5c(cc3C4(C)C)-c3c(cc(-c4ccc6c(c4)C(CCCCCCCC)(CCCCCCCC)c4cc(-c7ccc(-c8ccccc8)cc7)ccc4-6)c4c3oc3ccccc34)C5(C)C)cc21. The van der Waals surface area contributed by atoms with Gasteiger partial charge in [0.15, 0.2) is 0 Å². The van der Waals surface area contributed by atoms with Gasteiger partial charge in [0.1, 0.15) is 22.3 Å². The Balaban J connectivity index is 0.733. The summed E-state index contributed by atoms with van der Waals surface area (Å²) in [6.07, 6.45) is 35.2. The van der Waals surface area contributed by atoms with Gasteiger partial charge in [0.05, 0.1) is 0 Å². The topological polar surface area (TPSA) is 26.3 Å². The summed E-state index contributed by atoms with van der Waals surface area (Å²) in [5, 5.41) is 4.78. The molecule has 15 aromatic rings. The predicted molar refractivity (Wildman–Crippen MR) is 513 cm³/mol. The third-order valence-electron chi connectivity index (χ3n) is 29.5. The highest BCUT2D eigenvalue weighted by molar-refractivity contribution is 6.21. The fraction of sp³-hybridized carbons (Fsp3) is 0.339. The number of para-hydroxylation sites is 2. The molecule has 120 heavy (non-hydrogen) atoms. The van der Waals surface area contributed by atoms with E-state index in [1.54, 1.807) is 0 Å². The maximum atomic E-state index is 7.53. The first-order valence-electron chi connectivity index (χ1n) is 46.9. The second-order valence-electron chi connectivity index (χ2n) is 37.7. The van der Waals surface area contributed by atoms with Crippen LogP contribution in [0.5, 0.6) is 0 Å². The smallest absolute Gasteiger partial charge is 0.144 e. The third kappa shape index (κ3) is 14.0. The summed E-state index contributed by atoms with van der Waals surface area (Å²) in [5.74, 6) is 0. The molecule has 4 aliphatic carbocycles. The molecular formula is C118H122O2. The van der Waals surface area contributed by atoms with Gasteiger partial charge >= 0.3 is 0 Å². The van der Waals surface area contributed by atoms with Gasteiger partial charge in [-0.05, 0) is 231 Å². The van der Waals surface area contributed by atoms with Gasteiger partial charge in [-0.15, -0.1) is 0 Å². The standard InChI is InChI=1S/C118H122O2/c1-9-13-17-21-25-39-67-117(68-40-26-22-18-14-10-2)101-71-85(83-55-51-81(52-56-83)79-43-31-29-32-44-79)59-63-89(101)91-65-61-87(73-103(91)117)95-75-105-111(113-109(95)93-47-35-37-49-107(93)119-113)97-77-100-98(78-99(97)115(105,5)6)112-106(116(100,7)8)76-96(110-94-48-36-38-50-108(94)120-114(110)112)88-62-66-92-90-64-60-86(84-57-53-82(54-58-84)80-45-33-30-34-46-80)72-102(90)118(104(92)74-88,69-41-27-23-19-15-11-3)70-42-28-24-20-16-12-4/h29-38,43-66,71-78H,9-28,39-42,67-70H2,1-8H3. The Hall–Kier alpha value is -10.5. The van der Waals surface area contributed by atoms with Crippen LogP contribution in [-0.2, 0) is 21.7 Å². The van der Waals surface area contributed by atoms with E-state index in [4.69, 9.17) is 8.83 Å². The first kappa shape index (κ1) is 79.3. The second kappa shape index (κ2) is 33.5. The van der Waals surface area contributed by atoms with Gasteiger partial charge in [-0.3, -0.25) is 0 Å². The van der Waals surface area contributed by atoms with E-state index in [2.05, 4.69) is 310 Å². The molecule has 0 saturated heterocycles. The van der Waals surface area contributed by atoms with Crippen LogP contribution in [0.1, 0.15) is 280 Å². The summed E-state index contributed by atoms with van der Waals surface area (Å²) in [6, 6.07) is 99.3. The molecule has 0 spiro atoms. The molecule has 0 fully saturated rings. The van der Waals surface area contributed by atoms with Gasteiger partial charge in [-0.2, -0.15) is 0 Å². The molecule has 2 heteroatoms. The van der Waals surface area contributed by atoms with Crippen LogP contribution in [-0.4, -0.2) is 0 Å². The lowest BCUT2D eigenvalue weighted by molar-refractivity contribution is 0.398. The van der Waals surface area contributed by atoms with Crippen LogP contribution in [0.25, 0.3) is 155 Å². The Kier molecular flexibility index (Phi) is 22.1. The summed E-state index contributed by atoms with van der Waals surface area (Å²) >= 11 is 0. The maximum absolute atomic E-state index is 7.53. The zero-order valence-electron chi connectivity index (χ0n) is 72.9. The largest absolute Gasteiger partial charge is 0.455 e. The third-order valence-corrected chi connectivity index (χ3v) is 29.5. The quantitative estimate of drug-likeness (QED) is 0.0376. The van der Waals surface area contributed by atoms with Gasteiger partial charge in [0.25, 0.3) is 0 Å². The first-order chi connectivity index (χ1) is 58.8. The van der Waals surface area contributed by atoms with Crippen molar-refractivity contribution < 1.29 is 8.83 Å². The molecule has 606 valence electrons. The summed E-state index contributed by atoms with van der Waals surface area (Å²) in [5.41, 5.74) is 40.3. The van der Waals surface area contributed by atoms with Gasteiger partial charge in [-0.1, -0.05) is 404 Å². The Bertz CT molecular complexity index is 5850. The molecule has 2 nitrogen and oxygen atoms in total. The lowest BCUT2D eigenvalue weighted by Crippen LogP contribution is -2.25. The molecule has 0 unspecified atom stereocenters. The predicted octanol–water partition coefficient (Wildman–Crippen LogP) is 35.6. The van der Waals surface area contributed by atoms with Gasteiger partial charge in [0.2, 0.25) is 0 Å². The van der Waals surface area contributed by atoms with Crippen molar-refractivity contribution >= 4 is 43.9 Å². The number of furan rings is 2. The molecular weight excluding hydrogens is 1450 g/mol. The Morgan fingerprint density at radius 3 is 0.800 bits per heavy atom. The average Bonchev–Trinajstić information content (AvgIpc) is 1.52. The Labute approximate surface area is 715 Å². The van der Waals surface area contributed by atoms with Crippen LogP contribution in [0.15, 0.2) is 264 Å². The Morgan fingerprint density at radius 1 is 0.208 bits per heavy atom. The van der Waals surface area contributed by atoms with Crippen LogP contribution in [0, 0.1) is 0 Å². The highest BCUT2D eigenvalue weighted by Gasteiger charge is 2.48. The van der Waals surface area contributed by atoms with E-state index < -0.39 is 10.8 Å². The average molecular weight is 1570 g/mol. The lowest BCUT2D eigenvalue weighted by Gasteiger charge is -2.33. The van der Waals surface area contributed by atoms with Crippen molar-refractivity contribution in [1.29, 1.82) is 0 Å². The fourth-order valence-corrected chi connectivity index (χ4v) is 22.9. The first-order valence-corrected chi connectivity index (χ1v) is 46.9. The maximum Gasteiger partial charge on any atom is 0.144 e. The number of fused-ring (bicyclic) bond motifs is 20. The minimum atomic E-state index is -0.392. The van der Waals surface area contributed by atoms with Crippen molar-refractivity contribution in [2.45, 2.75) is 257 Å². The number of rotatable bonds is 34. The van der Waals surface area contributed by atoms with Crippen LogP contribution >= 0.6 is 0 Å². The molecule has 0 atom stereocenters. The molecule has 0 N–H and O–H groups in total. The molecule has 13 aromatic carbocycles. The number of hydrogen-bond acceptors (Lipinski definition) is 2. The summed E-state index contributed by atoms with van der Waals surface area (Å²) in [6.45, 7) is 19.4. The number of benzene rings is 13. The van der Waals surface area contributed by atoms with Crippen molar-refractivity contribution in [3.63, 3.8) is 0 Å². The molecule has 4 aliphatic rings. The van der Waals surface area contributed by atoms with E-state index in [1.807, 2.05) is 0 Å². The highest BCUT2D eigenvalue weighted by atomic mass is 16.3. The van der Waals surface area contributed by atoms with Gasteiger partial charge < -0.3 is 8.83 Å². The number of hydrogen-bond donors (Lipinski definition) is 0. The minimum Gasteiger partial charge on any atom is -0.455 e. The van der Waals surface area contributed by atoms with Crippen LogP contribution in [0.2, 0.25) is 0 Å². The van der Waals surface area contributed by atoms with E-state index in [-0.39, 0.29) is 10.8 Å².